The van der Waals surface area contributed by atoms with Crippen LogP contribution in [0.3, 0.4) is 0 Å². The molecule has 0 fully saturated rings. The van der Waals surface area contributed by atoms with Crippen LogP contribution in [0.4, 0.5) is 4.39 Å². The Morgan fingerprint density at radius 1 is 1.47 bits per heavy atom. The van der Waals surface area contributed by atoms with E-state index in [-0.39, 0.29) is 18.2 Å². The van der Waals surface area contributed by atoms with Crippen molar-refractivity contribution in [3.63, 3.8) is 0 Å². The van der Waals surface area contributed by atoms with Crippen molar-refractivity contribution in [1.82, 2.24) is 10.3 Å². The second-order valence-corrected chi connectivity index (χ2v) is 5.73. The first kappa shape index (κ1) is 14.4. The highest BCUT2D eigenvalue weighted by molar-refractivity contribution is 9.10. The molecule has 1 heterocycles. The van der Waals surface area contributed by atoms with Crippen LogP contribution in [0, 0.1) is 5.82 Å². The summed E-state index contributed by atoms with van der Waals surface area (Å²) >= 11 is 4.78. The standard InChI is InChI=1S/C13H14BrFN2OS/c1-2-16-6-13-17-10(8-19-13)7-18-12-4-3-9(14)5-11(12)15/h3-5,8,16H,2,6-7H2,1H3. The minimum absolute atomic E-state index is 0.240. The van der Waals surface area contributed by atoms with Gasteiger partial charge in [0.2, 0.25) is 0 Å². The zero-order valence-corrected chi connectivity index (χ0v) is 12.9. The van der Waals surface area contributed by atoms with E-state index in [1.54, 1.807) is 23.5 Å². The van der Waals surface area contributed by atoms with Crippen LogP contribution in [0.1, 0.15) is 17.6 Å². The molecule has 0 aliphatic heterocycles. The molecule has 0 bridgehead atoms. The van der Waals surface area contributed by atoms with Crippen LogP contribution < -0.4 is 10.1 Å². The molecular formula is C13H14BrFN2OS. The molecule has 102 valence electrons. The van der Waals surface area contributed by atoms with Gasteiger partial charge in [-0.1, -0.05) is 22.9 Å². The van der Waals surface area contributed by atoms with Gasteiger partial charge < -0.3 is 10.1 Å². The molecule has 0 atom stereocenters. The molecule has 6 heteroatoms. The van der Waals surface area contributed by atoms with E-state index < -0.39 is 0 Å². The highest BCUT2D eigenvalue weighted by Gasteiger charge is 2.06. The first-order valence-corrected chi connectivity index (χ1v) is 7.58. The Labute approximate surface area is 124 Å². The zero-order chi connectivity index (χ0) is 13.7. The molecule has 0 unspecified atom stereocenters. The van der Waals surface area contributed by atoms with Crippen molar-refractivity contribution in [2.24, 2.45) is 0 Å². The number of thiazole rings is 1. The average molecular weight is 345 g/mol. The molecule has 1 N–H and O–H groups in total. The fourth-order valence-corrected chi connectivity index (χ4v) is 2.55. The highest BCUT2D eigenvalue weighted by Crippen LogP contribution is 2.22. The Morgan fingerprint density at radius 3 is 3.05 bits per heavy atom. The smallest absolute Gasteiger partial charge is 0.166 e. The van der Waals surface area contributed by atoms with Gasteiger partial charge in [0.05, 0.1) is 5.69 Å². The van der Waals surface area contributed by atoms with Crippen LogP contribution in [0.2, 0.25) is 0 Å². The molecule has 1 aromatic carbocycles. The molecule has 0 radical (unpaired) electrons. The number of rotatable bonds is 6. The number of hydrogen-bond donors (Lipinski definition) is 1. The summed E-state index contributed by atoms with van der Waals surface area (Å²) in [6.07, 6.45) is 0. The fourth-order valence-electron chi connectivity index (χ4n) is 1.47. The molecule has 19 heavy (non-hydrogen) atoms. The summed E-state index contributed by atoms with van der Waals surface area (Å²) in [5.41, 5.74) is 0.820. The largest absolute Gasteiger partial charge is 0.484 e. The predicted molar refractivity (Wildman–Crippen MR) is 77.9 cm³/mol. The number of nitrogens with zero attached hydrogens (tertiary/aromatic N) is 1. The van der Waals surface area contributed by atoms with E-state index in [1.807, 2.05) is 12.3 Å². The van der Waals surface area contributed by atoms with Crippen molar-refractivity contribution < 1.29 is 9.13 Å². The van der Waals surface area contributed by atoms with Crippen LogP contribution in [0.15, 0.2) is 28.1 Å². The number of halogens is 2. The molecule has 0 aliphatic carbocycles. The monoisotopic (exact) mass is 344 g/mol. The van der Waals surface area contributed by atoms with Crippen molar-refractivity contribution in [1.29, 1.82) is 0 Å². The van der Waals surface area contributed by atoms with Crippen LogP contribution in [-0.4, -0.2) is 11.5 Å². The zero-order valence-electron chi connectivity index (χ0n) is 10.5. The van der Waals surface area contributed by atoms with Gasteiger partial charge in [0.15, 0.2) is 11.6 Å². The lowest BCUT2D eigenvalue weighted by Crippen LogP contribution is -2.11. The minimum Gasteiger partial charge on any atom is -0.484 e. The molecule has 1 aromatic heterocycles. The maximum absolute atomic E-state index is 13.5. The number of hydrogen-bond acceptors (Lipinski definition) is 4. The topological polar surface area (TPSA) is 34.2 Å². The minimum atomic E-state index is -0.377. The molecule has 2 rings (SSSR count). The fraction of sp³-hybridized carbons (Fsp3) is 0.308. The van der Waals surface area contributed by atoms with Crippen LogP contribution in [0.5, 0.6) is 5.75 Å². The summed E-state index contributed by atoms with van der Waals surface area (Å²) in [5, 5.41) is 6.15. The quantitative estimate of drug-likeness (QED) is 0.866. The number of benzene rings is 1. The second-order valence-electron chi connectivity index (χ2n) is 3.88. The van der Waals surface area contributed by atoms with E-state index in [0.29, 0.717) is 4.47 Å². The molecule has 3 nitrogen and oxygen atoms in total. The van der Waals surface area contributed by atoms with Crippen molar-refractivity contribution in [2.75, 3.05) is 6.54 Å². The SMILES string of the molecule is CCNCc1nc(COc2ccc(Br)cc2F)cs1. The molecule has 0 amide bonds. The predicted octanol–water partition coefficient (Wildman–Crippen LogP) is 3.73. The Bertz CT molecular complexity index is 547. The third-order valence-electron chi connectivity index (χ3n) is 2.40. The number of ether oxygens (including phenoxy) is 1. The molecule has 2 aromatic rings. The van der Waals surface area contributed by atoms with E-state index in [4.69, 9.17) is 4.74 Å². The maximum atomic E-state index is 13.5. The van der Waals surface area contributed by atoms with Crippen molar-refractivity contribution >= 4 is 27.3 Å². The number of nitrogens with one attached hydrogen (secondary N) is 1. The van der Waals surface area contributed by atoms with Gasteiger partial charge in [-0.3, -0.25) is 0 Å². The van der Waals surface area contributed by atoms with Crippen molar-refractivity contribution in [3.8, 4) is 5.75 Å². The van der Waals surface area contributed by atoms with Gasteiger partial charge in [-0.25, -0.2) is 9.37 Å². The van der Waals surface area contributed by atoms with Crippen LogP contribution >= 0.6 is 27.3 Å². The normalized spacial score (nSPS) is 10.7. The summed E-state index contributed by atoms with van der Waals surface area (Å²) < 4.78 is 19.7. The average Bonchev–Trinajstić information content (AvgIpc) is 2.83. The van der Waals surface area contributed by atoms with Gasteiger partial charge in [0.1, 0.15) is 11.6 Å². The summed E-state index contributed by atoms with van der Waals surface area (Å²) in [4.78, 5) is 4.41. The first-order chi connectivity index (χ1) is 9.19. The van der Waals surface area contributed by atoms with E-state index in [9.17, 15) is 4.39 Å². The van der Waals surface area contributed by atoms with Crippen molar-refractivity contribution in [3.05, 3.63) is 44.6 Å². The molecule has 0 spiro atoms. The lowest BCUT2D eigenvalue weighted by molar-refractivity contribution is 0.286. The molecule has 0 aliphatic rings. The Morgan fingerprint density at radius 2 is 2.32 bits per heavy atom. The van der Waals surface area contributed by atoms with Gasteiger partial charge in [-0.05, 0) is 24.7 Å². The summed E-state index contributed by atoms with van der Waals surface area (Å²) in [5.74, 6) is -0.137. The van der Waals surface area contributed by atoms with E-state index >= 15 is 0 Å². The third kappa shape index (κ3) is 4.26. The van der Waals surface area contributed by atoms with Crippen LogP contribution in [0.25, 0.3) is 0 Å². The highest BCUT2D eigenvalue weighted by atomic mass is 79.9. The van der Waals surface area contributed by atoms with Gasteiger partial charge in [0, 0.05) is 16.4 Å². The maximum Gasteiger partial charge on any atom is 0.166 e. The van der Waals surface area contributed by atoms with Gasteiger partial charge in [-0.2, -0.15) is 0 Å². The van der Waals surface area contributed by atoms with Gasteiger partial charge >= 0.3 is 0 Å². The van der Waals surface area contributed by atoms with E-state index in [1.165, 1.54) is 6.07 Å². The van der Waals surface area contributed by atoms with E-state index in [0.717, 1.165) is 23.8 Å². The van der Waals surface area contributed by atoms with Crippen LogP contribution in [-0.2, 0) is 13.2 Å². The summed E-state index contributed by atoms with van der Waals surface area (Å²) in [7, 11) is 0. The Hall–Kier alpha value is -0.980. The number of aromatic nitrogens is 1. The molecule has 0 saturated heterocycles. The molecular weight excluding hydrogens is 331 g/mol. The lowest BCUT2D eigenvalue weighted by atomic mass is 10.3. The van der Waals surface area contributed by atoms with Gasteiger partial charge in [-0.15, -0.1) is 11.3 Å². The Balaban J connectivity index is 1.92. The summed E-state index contributed by atoms with van der Waals surface area (Å²) in [6, 6.07) is 4.73. The third-order valence-corrected chi connectivity index (χ3v) is 3.79. The summed E-state index contributed by atoms with van der Waals surface area (Å²) in [6.45, 7) is 4.00. The van der Waals surface area contributed by atoms with E-state index in [2.05, 4.69) is 26.2 Å². The van der Waals surface area contributed by atoms with Gasteiger partial charge in [0.25, 0.3) is 0 Å². The second kappa shape index (κ2) is 6.98. The lowest BCUT2D eigenvalue weighted by Gasteiger charge is -2.05. The first-order valence-electron chi connectivity index (χ1n) is 5.91. The Kier molecular flexibility index (Phi) is 5.30. The van der Waals surface area contributed by atoms with Crippen molar-refractivity contribution in [2.45, 2.75) is 20.1 Å². The molecule has 0 saturated carbocycles.